The summed E-state index contributed by atoms with van der Waals surface area (Å²) < 4.78 is 18.1. The predicted molar refractivity (Wildman–Crippen MR) is 154 cm³/mol. The van der Waals surface area contributed by atoms with Gasteiger partial charge in [0.25, 0.3) is 5.91 Å². The fourth-order valence-corrected chi connectivity index (χ4v) is 11.9. The molecule has 3 unspecified atom stereocenters. The first-order valence-electron chi connectivity index (χ1n) is 16.1. The van der Waals surface area contributed by atoms with Crippen LogP contribution in [0.1, 0.15) is 82.5 Å². The highest BCUT2D eigenvalue weighted by Crippen LogP contribution is 2.77. The molecule has 5 saturated carbocycles. The van der Waals surface area contributed by atoms with Crippen molar-refractivity contribution in [2.45, 2.75) is 96.2 Å². The molecule has 10 nitrogen and oxygen atoms in total. The molecule has 4 bridgehead atoms. The Morgan fingerprint density at radius 2 is 1.68 bits per heavy atom. The molecule has 10 atom stereocenters. The van der Waals surface area contributed by atoms with Gasteiger partial charge in [-0.15, -0.1) is 0 Å². The first-order valence-corrected chi connectivity index (χ1v) is 16.1. The molecule has 9 rings (SSSR count). The standard InChI is InChI=1S/C34H42N2O8/c1-29(2,3)33(41)14-22-32(15-23(37)42-22)28(40)44-27-34(32,33)24(43-26(39)21-7-5-4-6-8-21)25(38)36(27)18-31-12-19-9-20(13-31)11-30(10-19,16-31)17-35/h4-8,19-20,22,24,27,41H,9-18,35H2,1-3H3/t19-,20?,22-,24-,27-,30?,31?,32-,33+,34+/m0/s1. The van der Waals surface area contributed by atoms with Crippen LogP contribution in [0.4, 0.5) is 0 Å². The van der Waals surface area contributed by atoms with Gasteiger partial charge in [0.05, 0.1) is 17.6 Å². The minimum atomic E-state index is -1.77. The molecule has 8 aliphatic rings. The lowest BCUT2D eigenvalue weighted by Crippen LogP contribution is -2.66. The Hall–Kier alpha value is -2.98. The van der Waals surface area contributed by atoms with Crippen LogP contribution >= 0.6 is 0 Å². The molecule has 1 aromatic rings. The lowest BCUT2D eigenvalue weighted by Gasteiger charge is -2.63. The lowest BCUT2D eigenvalue weighted by molar-refractivity contribution is -0.215. The van der Waals surface area contributed by atoms with Crippen molar-refractivity contribution < 1.29 is 38.5 Å². The number of nitrogens with zero attached hydrogens (tertiary/aromatic N) is 1. The Balaban J connectivity index is 1.29. The van der Waals surface area contributed by atoms with E-state index in [0.29, 0.717) is 24.9 Å². The highest BCUT2D eigenvalue weighted by atomic mass is 16.6. The Labute approximate surface area is 256 Å². The molecule has 1 aromatic carbocycles. The van der Waals surface area contributed by atoms with E-state index < -0.39 is 64.1 Å². The van der Waals surface area contributed by atoms with Crippen molar-refractivity contribution in [1.82, 2.24) is 4.90 Å². The van der Waals surface area contributed by atoms with Gasteiger partial charge in [0, 0.05) is 13.0 Å². The molecule has 236 valence electrons. The van der Waals surface area contributed by atoms with Gasteiger partial charge in [-0.3, -0.25) is 14.4 Å². The van der Waals surface area contributed by atoms with Gasteiger partial charge in [-0.1, -0.05) is 39.0 Å². The Morgan fingerprint density at radius 1 is 1.02 bits per heavy atom. The van der Waals surface area contributed by atoms with Crippen molar-refractivity contribution in [3.8, 4) is 0 Å². The number of amides is 1. The van der Waals surface area contributed by atoms with Gasteiger partial charge in [0.15, 0.2) is 12.3 Å². The summed E-state index contributed by atoms with van der Waals surface area (Å²) in [5.41, 5.74) is 0.323. The second kappa shape index (κ2) is 8.63. The van der Waals surface area contributed by atoms with Crippen LogP contribution in [0.3, 0.4) is 0 Å². The van der Waals surface area contributed by atoms with Gasteiger partial charge in [0.2, 0.25) is 0 Å². The number of esters is 3. The maximum Gasteiger partial charge on any atom is 0.338 e. The van der Waals surface area contributed by atoms with Crippen molar-refractivity contribution in [1.29, 1.82) is 0 Å². The molecule has 3 heterocycles. The maximum absolute atomic E-state index is 14.9. The minimum Gasteiger partial charge on any atom is -0.461 e. The number of carbonyl (C=O) groups is 4. The summed E-state index contributed by atoms with van der Waals surface area (Å²) in [5.74, 6) is -1.45. The number of ether oxygens (including phenoxy) is 3. The zero-order valence-electron chi connectivity index (χ0n) is 25.7. The molecule has 10 heteroatoms. The largest absolute Gasteiger partial charge is 0.461 e. The van der Waals surface area contributed by atoms with E-state index >= 15 is 0 Å². The molecular formula is C34H42N2O8. The summed E-state index contributed by atoms with van der Waals surface area (Å²) in [6.45, 7) is 6.43. The fourth-order valence-electron chi connectivity index (χ4n) is 11.9. The van der Waals surface area contributed by atoms with E-state index in [1.807, 2.05) is 20.8 Å². The van der Waals surface area contributed by atoms with Gasteiger partial charge in [0.1, 0.15) is 16.9 Å². The van der Waals surface area contributed by atoms with Crippen molar-refractivity contribution in [2.75, 3.05) is 13.1 Å². The first kappa shape index (κ1) is 28.5. The monoisotopic (exact) mass is 606 g/mol. The number of nitrogens with two attached hydrogens (primary N) is 1. The van der Waals surface area contributed by atoms with E-state index in [1.165, 1.54) is 6.42 Å². The van der Waals surface area contributed by atoms with Gasteiger partial charge in [-0.2, -0.15) is 0 Å². The zero-order chi connectivity index (χ0) is 31.1. The summed E-state index contributed by atoms with van der Waals surface area (Å²) in [6.07, 6.45) is 1.95. The molecule has 0 aromatic heterocycles. The molecule has 2 spiro atoms. The highest BCUT2D eigenvalue weighted by molar-refractivity contribution is 5.99. The molecule has 8 fully saturated rings. The number of hydrogen-bond donors (Lipinski definition) is 2. The van der Waals surface area contributed by atoms with Crippen molar-refractivity contribution in [3.05, 3.63) is 35.9 Å². The van der Waals surface area contributed by atoms with Crippen molar-refractivity contribution in [2.24, 2.45) is 44.6 Å². The second-order valence-electron chi connectivity index (χ2n) is 16.4. The third kappa shape index (κ3) is 3.24. The zero-order valence-corrected chi connectivity index (χ0v) is 25.7. The summed E-state index contributed by atoms with van der Waals surface area (Å²) in [7, 11) is 0. The van der Waals surface area contributed by atoms with Crippen LogP contribution in [-0.2, 0) is 28.6 Å². The van der Waals surface area contributed by atoms with E-state index in [4.69, 9.17) is 19.9 Å². The van der Waals surface area contributed by atoms with E-state index in [1.54, 1.807) is 35.2 Å². The van der Waals surface area contributed by atoms with Crippen LogP contribution in [0.15, 0.2) is 30.3 Å². The molecule has 0 radical (unpaired) electrons. The van der Waals surface area contributed by atoms with Crippen LogP contribution < -0.4 is 5.73 Å². The van der Waals surface area contributed by atoms with E-state index in [0.717, 1.165) is 32.1 Å². The van der Waals surface area contributed by atoms with Gasteiger partial charge in [-0.25, -0.2) is 4.79 Å². The molecule has 3 saturated heterocycles. The number of aliphatic hydroxyl groups is 1. The Bertz CT molecular complexity index is 1460. The van der Waals surface area contributed by atoms with Crippen molar-refractivity contribution in [3.63, 3.8) is 0 Å². The third-order valence-corrected chi connectivity index (χ3v) is 13.0. The third-order valence-electron chi connectivity index (χ3n) is 13.0. The van der Waals surface area contributed by atoms with Gasteiger partial charge in [-0.05, 0) is 85.3 Å². The first-order chi connectivity index (χ1) is 20.7. The average molecular weight is 607 g/mol. The normalized spacial score (nSPS) is 46.5. The van der Waals surface area contributed by atoms with E-state index in [-0.39, 0.29) is 29.2 Å². The van der Waals surface area contributed by atoms with Crippen LogP contribution in [0.25, 0.3) is 0 Å². The van der Waals surface area contributed by atoms with Crippen molar-refractivity contribution >= 4 is 23.8 Å². The SMILES string of the molecule is CC(C)(C)[C@]1(O)C[C@@H]2OC(=O)C[C@@]23C(=O)O[C@@H]2N(CC45CC6C[C@@H](CC(CN)(C6)C4)C5)C(=O)[C@H](OC(=O)c4ccccc4)[C@]213. The molecule has 44 heavy (non-hydrogen) atoms. The molecule has 1 amide bonds. The molecule has 3 N–H and O–H groups in total. The van der Waals surface area contributed by atoms with Gasteiger partial charge >= 0.3 is 17.9 Å². The summed E-state index contributed by atoms with van der Waals surface area (Å²) in [5, 5.41) is 13.0. The van der Waals surface area contributed by atoms with Crippen LogP contribution in [0, 0.1) is 38.9 Å². The fraction of sp³-hybridized carbons (Fsp3) is 0.706. The lowest BCUT2D eigenvalue weighted by atomic mass is 9.44. The number of benzene rings is 1. The highest BCUT2D eigenvalue weighted by Gasteiger charge is 2.94. The molecular weight excluding hydrogens is 564 g/mol. The predicted octanol–water partition coefficient (Wildman–Crippen LogP) is 2.95. The van der Waals surface area contributed by atoms with E-state index in [9.17, 15) is 24.3 Å². The topological polar surface area (TPSA) is 145 Å². The molecule has 5 aliphatic carbocycles. The number of hydrogen-bond acceptors (Lipinski definition) is 9. The maximum atomic E-state index is 14.9. The van der Waals surface area contributed by atoms with Crippen LogP contribution in [-0.4, -0.2) is 70.9 Å². The summed E-state index contributed by atoms with van der Waals surface area (Å²) >= 11 is 0. The van der Waals surface area contributed by atoms with Crippen LogP contribution in [0.2, 0.25) is 0 Å². The van der Waals surface area contributed by atoms with E-state index in [2.05, 4.69) is 0 Å². The summed E-state index contributed by atoms with van der Waals surface area (Å²) in [6, 6.07) is 8.36. The number of likely N-dealkylation sites (tertiary alicyclic amines) is 1. The Morgan fingerprint density at radius 3 is 2.32 bits per heavy atom. The average Bonchev–Trinajstić information content (AvgIpc) is 3.56. The quantitative estimate of drug-likeness (QED) is 0.382. The molecule has 3 aliphatic heterocycles. The Kier molecular flexibility index (Phi) is 5.59. The second-order valence-corrected chi connectivity index (χ2v) is 16.4. The number of rotatable bonds is 5. The van der Waals surface area contributed by atoms with Gasteiger partial charge < -0.3 is 30.0 Å². The number of carbonyl (C=O) groups excluding carboxylic acids is 4. The van der Waals surface area contributed by atoms with Crippen LogP contribution in [0.5, 0.6) is 0 Å². The minimum absolute atomic E-state index is 0.0353. The smallest absolute Gasteiger partial charge is 0.338 e. The summed E-state index contributed by atoms with van der Waals surface area (Å²) in [4.78, 5) is 57.3.